The van der Waals surface area contributed by atoms with Gasteiger partial charge in [-0.05, 0) is 42.5 Å². The number of rotatable bonds is 2. The van der Waals surface area contributed by atoms with E-state index in [2.05, 4.69) is 12.1 Å². The Kier molecular flexibility index (Phi) is 3.19. The smallest absolute Gasteiger partial charge is 0.119 e. The molecule has 1 aromatic rings. The van der Waals surface area contributed by atoms with Gasteiger partial charge < -0.3 is 14.6 Å². The largest absolute Gasteiger partial charge is 0.497 e. The minimum Gasteiger partial charge on any atom is -0.497 e. The minimum atomic E-state index is -1.00. The summed E-state index contributed by atoms with van der Waals surface area (Å²) in [4.78, 5) is 0. The van der Waals surface area contributed by atoms with Gasteiger partial charge in [0.1, 0.15) is 11.2 Å². The van der Waals surface area contributed by atoms with E-state index in [1.54, 1.807) is 7.11 Å². The summed E-state index contributed by atoms with van der Waals surface area (Å²) in [5.74, 6) is 0.793. The molecule has 4 nitrogen and oxygen atoms in total. The normalized spacial score (nSPS) is 32.5. The lowest BCUT2D eigenvalue weighted by atomic mass is 9.64. The van der Waals surface area contributed by atoms with Crippen molar-refractivity contribution < 1.29 is 14.6 Å². The lowest BCUT2D eigenvalue weighted by Gasteiger charge is -2.42. The molecule has 2 unspecified atom stereocenters. The van der Waals surface area contributed by atoms with Crippen LogP contribution in [0, 0.1) is 16.7 Å². The van der Waals surface area contributed by atoms with Gasteiger partial charge in [-0.3, -0.25) is 0 Å². The molecule has 2 atom stereocenters. The topological polar surface area (TPSA) is 62.5 Å². The Morgan fingerprint density at radius 2 is 2.20 bits per heavy atom. The van der Waals surface area contributed by atoms with Crippen LogP contribution in [0.1, 0.15) is 24.0 Å². The molecule has 0 radical (unpaired) electrons. The molecule has 0 saturated carbocycles. The van der Waals surface area contributed by atoms with Crippen molar-refractivity contribution >= 4 is 0 Å². The molecule has 1 aromatic carbocycles. The number of hydrogen-bond donors (Lipinski definition) is 1. The van der Waals surface area contributed by atoms with Crippen molar-refractivity contribution in [2.24, 2.45) is 5.41 Å². The highest BCUT2D eigenvalue weighted by atomic mass is 16.5. The van der Waals surface area contributed by atoms with Crippen molar-refractivity contribution in [3.8, 4) is 11.8 Å². The van der Waals surface area contributed by atoms with Gasteiger partial charge >= 0.3 is 0 Å². The molecule has 1 N–H and O–H groups in total. The van der Waals surface area contributed by atoms with Crippen LogP contribution in [-0.2, 0) is 17.6 Å². The van der Waals surface area contributed by atoms with E-state index < -0.39 is 11.0 Å². The van der Waals surface area contributed by atoms with Gasteiger partial charge in [0.25, 0.3) is 0 Å². The number of methoxy groups -OCH3 is 1. The summed E-state index contributed by atoms with van der Waals surface area (Å²) < 4.78 is 10.6. The standard InChI is InChI=1S/C16H19NO3/c1-19-14-3-2-12-4-5-16(18,9-13(12)8-14)15(10-17)6-7-20-11-15/h2-3,8,18H,4-7,9,11H2,1H3. The highest BCUT2D eigenvalue weighted by Crippen LogP contribution is 2.46. The zero-order valence-corrected chi connectivity index (χ0v) is 11.7. The van der Waals surface area contributed by atoms with E-state index in [1.165, 1.54) is 5.56 Å². The van der Waals surface area contributed by atoms with Gasteiger partial charge in [-0.1, -0.05) is 6.07 Å². The zero-order chi connectivity index (χ0) is 14.2. The van der Waals surface area contributed by atoms with Crippen molar-refractivity contribution in [3.05, 3.63) is 29.3 Å². The van der Waals surface area contributed by atoms with Gasteiger partial charge in [-0.25, -0.2) is 0 Å². The summed E-state index contributed by atoms with van der Waals surface area (Å²) in [6, 6.07) is 8.31. The molecule has 1 heterocycles. The third kappa shape index (κ3) is 1.90. The average Bonchev–Trinajstić information content (AvgIpc) is 2.97. The molecule has 1 aliphatic heterocycles. The Morgan fingerprint density at radius 3 is 2.85 bits per heavy atom. The molecule has 3 rings (SSSR count). The van der Waals surface area contributed by atoms with Crippen molar-refractivity contribution in [1.82, 2.24) is 0 Å². The predicted molar refractivity (Wildman–Crippen MR) is 73.5 cm³/mol. The van der Waals surface area contributed by atoms with E-state index in [4.69, 9.17) is 9.47 Å². The van der Waals surface area contributed by atoms with Crippen molar-refractivity contribution in [1.29, 1.82) is 5.26 Å². The molecular weight excluding hydrogens is 254 g/mol. The van der Waals surface area contributed by atoms with Crippen LogP contribution in [0.15, 0.2) is 18.2 Å². The third-order valence-corrected chi connectivity index (χ3v) is 4.83. The quantitative estimate of drug-likeness (QED) is 0.893. The minimum absolute atomic E-state index is 0.333. The molecular formula is C16H19NO3. The first-order valence-corrected chi connectivity index (χ1v) is 7.00. The lowest BCUT2D eigenvalue weighted by molar-refractivity contribution is -0.0680. The van der Waals surface area contributed by atoms with Crippen LogP contribution >= 0.6 is 0 Å². The summed E-state index contributed by atoms with van der Waals surface area (Å²) in [5, 5.41) is 20.7. The molecule has 1 saturated heterocycles. The SMILES string of the molecule is COc1ccc2c(c1)CC(O)(C1(C#N)CCOC1)CC2. The summed E-state index contributed by atoms with van der Waals surface area (Å²) in [6.07, 6.45) is 2.51. The Hall–Kier alpha value is -1.57. The molecule has 0 amide bonds. The number of nitrogens with zero attached hydrogens (tertiary/aromatic N) is 1. The van der Waals surface area contributed by atoms with Gasteiger partial charge in [-0.15, -0.1) is 0 Å². The highest BCUT2D eigenvalue weighted by Gasteiger charge is 2.54. The summed E-state index contributed by atoms with van der Waals surface area (Å²) >= 11 is 0. The maximum atomic E-state index is 11.1. The molecule has 0 bridgehead atoms. The van der Waals surface area contributed by atoms with E-state index in [-0.39, 0.29) is 0 Å². The van der Waals surface area contributed by atoms with E-state index in [1.807, 2.05) is 12.1 Å². The van der Waals surface area contributed by atoms with E-state index in [0.717, 1.165) is 17.7 Å². The molecule has 1 fully saturated rings. The van der Waals surface area contributed by atoms with Crippen LogP contribution in [0.25, 0.3) is 0 Å². The van der Waals surface area contributed by atoms with Gasteiger partial charge in [0.15, 0.2) is 0 Å². The molecule has 1 aliphatic carbocycles. The molecule has 20 heavy (non-hydrogen) atoms. The third-order valence-electron chi connectivity index (χ3n) is 4.83. The fourth-order valence-corrected chi connectivity index (χ4v) is 3.42. The molecule has 106 valence electrons. The van der Waals surface area contributed by atoms with Crippen molar-refractivity contribution in [2.75, 3.05) is 20.3 Å². The van der Waals surface area contributed by atoms with Crippen LogP contribution in [0.5, 0.6) is 5.75 Å². The first-order valence-electron chi connectivity index (χ1n) is 7.00. The zero-order valence-electron chi connectivity index (χ0n) is 11.7. The van der Waals surface area contributed by atoms with E-state index >= 15 is 0 Å². The second-order valence-electron chi connectivity index (χ2n) is 5.84. The summed E-state index contributed by atoms with van der Waals surface area (Å²) in [6.45, 7) is 0.889. The first kappa shape index (κ1) is 13.4. The molecule has 4 heteroatoms. The van der Waals surface area contributed by atoms with Gasteiger partial charge in [0, 0.05) is 13.0 Å². The Bertz CT molecular complexity index is 557. The van der Waals surface area contributed by atoms with Gasteiger partial charge in [0.2, 0.25) is 0 Å². The number of hydrogen-bond acceptors (Lipinski definition) is 4. The van der Waals surface area contributed by atoms with Crippen molar-refractivity contribution in [3.63, 3.8) is 0 Å². The predicted octanol–water partition coefficient (Wildman–Crippen LogP) is 1.85. The highest BCUT2D eigenvalue weighted by molar-refractivity contribution is 5.40. The Morgan fingerprint density at radius 1 is 1.35 bits per heavy atom. The molecule has 0 aromatic heterocycles. The van der Waals surface area contributed by atoms with Crippen LogP contribution in [0.4, 0.5) is 0 Å². The molecule has 2 aliphatic rings. The van der Waals surface area contributed by atoms with Gasteiger partial charge in [0.05, 0.1) is 25.4 Å². The van der Waals surface area contributed by atoms with Crippen LogP contribution in [0.2, 0.25) is 0 Å². The first-order chi connectivity index (χ1) is 9.62. The van der Waals surface area contributed by atoms with E-state index in [0.29, 0.717) is 32.5 Å². The van der Waals surface area contributed by atoms with Crippen LogP contribution < -0.4 is 4.74 Å². The second kappa shape index (κ2) is 4.76. The Labute approximate surface area is 118 Å². The summed E-state index contributed by atoms with van der Waals surface area (Å²) in [7, 11) is 1.64. The number of aliphatic hydroxyl groups is 1. The molecule has 0 spiro atoms. The van der Waals surface area contributed by atoms with Gasteiger partial charge in [-0.2, -0.15) is 5.26 Å². The van der Waals surface area contributed by atoms with Crippen LogP contribution in [-0.4, -0.2) is 31.0 Å². The lowest BCUT2D eigenvalue weighted by Crippen LogP contribution is -2.51. The fraction of sp³-hybridized carbons (Fsp3) is 0.562. The van der Waals surface area contributed by atoms with Crippen molar-refractivity contribution in [2.45, 2.75) is 31.3 Å². The summed E-state index contributed by atoms with van der Waals surface area (Å²) in [5.41, 5.74) is 0.549. The maximum absolute atomic E-state index is 11.1. The number of nitriles is 1. The monoisotopic (exact) mass is 273 g/mol. The number of aryl methyl sites for hydroxylation is 1. The number of ether oxygens (including phenoxy) is 2. The number of benzene rings is 1. The number of fused-ring (bicyclic) bond motifs is 1. The van der Waals surface area contributed by atoms with E-state index in [9.17, 15) is 10.4 Å². The Balaban J connectivity index is 1.96. The maximum Gasteiger partial charge on any atom is 0.119 e. The van der Waals surface area contributed by atoms with Crippen LogP contribution in [0.3, 0.4) is 0 Å². The fourth-order valence-electron chi connectivity index (χ4n) is 3.42. The average molecular weight is 273 g/mol. The second-order valence-corrected chi connectivity index (χ2v) is 5.84.